The highest BCUT2D eigenvalue weighted by Crippen LogP contribution is 2.25. The van der Waals surface area contributed by atoms with Gasteiger partial charge in [0, 0.05) is 25.2 Å². The molecule has 0 bridgehead atoms. The van der Waals surface area contributed by atoms with Crippen LogP contribution >= 0.6 is 0 Å². The van der Waals surface area contributed by atoms with Gasteiger partial charge in [0.05, 0.1) is 18.8 Å². The quantitative estimate of drug-likeness (QED) is 0.545. The maximum Gasteiger partial charge on any atom is 0.476 e. The van der Waals surface area contributed by atoms with Crippen molar-refractivity contribution in [3.63, 3.8) is 0 Å². The smallest absolute Gasteiger partial charge is 0.476 e. The predicted molar refractivity (Wildman–Crippen MR) is 86.1 cm³/mol. The third kappa shape index (κ3) is 4.60. The van der Waals surface area contributed by atoms with Crippen LogP contribution in [0.15, 0.2) is 12.1 Å². The molecule has 0 atom stereocenters. The second-order valence-corrected chi connectivity index (χ2v) is 6.16. The average molecular weight is 348 g/mol. The summed E-state index contributed by atoms with van der Waals surface area (Å²) in [5.41, 5.74) is 6.88. The molecule has 10 heteroatoms. The average Bonchev–Trinajstić information content (AvgIpc) is 2.96. The minimum atomic E-state index is -4.66. The molecule has 2 rings (SSSR count). The molecular formula is C13H24N4O5S. The van der Waals surface area contributed by atoms with Gasteiger partial charge in [0.1, 0.15) is 0 Å². The van der Waals surface area contributed by atoms with Gasteiger partial charge in [-0.3, -0.25) is 9.45 Å². The van der Waals surface area contributed by atoms with Crippen molar-refractivity contribution in [3.8, 4) is 0 Å². The molecule has 1 aliphatic heterocycles. The lowest BCUT2D eigenvalue weighted by Gasteiger charge is -2.22. The van der Waals surface area contributed by atoms with Gasteiger partial charge in [-0.25, -0.2) is 4.28 Å². The van der Waals surface area contributed by atoms with Crippen LogP contribution in [0.3, 0.4) is 0 Å². The van der Waals surface area contributed by atoms with E-state index in [1.807, 2.05) is 24.8 Å². The lowest BCUT2D eigenvalue weighted by molar-refractivity contribution is -0.834. The van der Waals surface area contributed by atoms with Crippen LogP contribution in [0.5, 0.6) is 0 Å². The number of hydrogen-bond donors (Lipinski definition) is 2. The van der Waals surface area contributed by atoms with Gasteiger partial charge in [0.25, 0.3) is 11.6 Å². The van der Waals surface area contributed by atoms with E-state index < -0.39 is 10.4 Å². The highest BCUT2D eigenvalue weighted by molar-refractivity contribution is 7.80. The van der Waals surface area contributed by atoms with Crippen molar-refractivity contribution < 1.29 is 27.5 Å². The molecule has 23 heavy (non-hydrogen) atoms. The van der Waals surface area contributed by atoms with E-state index in [0.29, 0.717) is 18.9 Å². The van der Waals surface area contributed by atoms with Gasteiger partial charge in [0.2, 0.25) is 0 Å². The predicted octanol–water partition coefficient (Wildman–Crippen LogP) is 0.0573. The Balaban J connectivity index is 0.00000264. The first kappa shape index (κ1) is 19.3. The number of pyridine rings is 1. The standard InChI is InChI=1S/C13H22N4O4S.H2O/c1-3-15(4-2)13-10-11(16-7-5-6-8-16)9-12(14)17(13)21-22(18,19)20;/h9-10,14H,3-8H2,1-2H3,(H,18,19,20);1H2. The van der Waals surface area contributed by atoms with Crippen molar-refractivity contribution in [2.75, 3.05) is 41.7 Å². The summed E-state index contributed by atoms with van der Waals surface area (Å²) < 4.78 is 36.7. The summed E-state index contributed by atoms with van der Waals surface area (Å²) in [4.78, 5) is 4.10. The van der Waals surface area contributed by atoms with Gasteiger partial charge in [0.15, 0.2) is 0 Å². The lowest BCUT2D eigenvalue weighted by Crippen LogP contribution is -2.52. The highest BCUT2D eigenvalue weighted by atomic mass is 32.3. The Labute approximate surface area is 136 Å². The van der Waals surface area contributed by atoms with Gasteiger partial charge in [-0.2, -0.15) is 8.42 Å². The Morgan fingerprint density at radius 1 is 1.30 bits per heavy atom. The van der Waals surface area contributed by atoms with Crippen LogP contribution in [0.2, 0.25) is 0 Å². The van der Waals surface area contributed by atoms with Crippen LogP contribution in [-0.4, -0.2) is 44.6 Å². The SMILES string of the molecule is CCN(CC)c1cc(N2CCCC2)cc(N)[n+]1OS(=O)(=O)O.[OH-]. The van der Waals surface area contributed by atoms with Crippen molar-refractivity contribution in [1.29, 1.82) is 0 Å². The van der Waals surface area contributed by atoms with E-state index in [2.05, 4.69) is 9.18 Å². The summed E-state index contributed by atoms with van der Waals surface area (Å²) in [5, 5.41) is 0. The first-order valence-electron chi connectivity index (χ1n) is 7.38. The molecule has 0 radical (unpaired) electrons. The van der Waals surface area contributed by atoms with Crippen LogP contribution in [0, 0.1) is 0 Å². The molecule has 9 nitrogen and oxygen atoms in total. The molecule has 0 spiro atoms. The summed E-state index contributed by atoms with van der Waals surface area (Å²) in [6, 6.07) is 3.49. The van der Waals surface area contributed by atoms with E-state index in [1.165, 1.54) is 0 Å². The van der Waals surface area contributed by atoms with Crippen molar-refractivity contribution >= 4 is 27.7 Å². The van der Waals surface area contributed by atoms with E-state index in [9.17, 15) is 8.42 Å². The van der Waals surface area contributed by atoms with Gasteiger partial charge in [-0.1, -0.05) is 0 Å². The summed E-state index contributed by atoms with van der Waals surface area (Å²) in [5.74, 6) is 0.605. The second kappa shape index (κ2) is 7.66. The third-order valence-corrected chi connectivity index (χ3v) is 4.08. The third-order valence-electron chi connectivity index (χ3n) is 3.74. The molecule has 0 aliphatic carbocycles. The summed E-state index contributed by atoms with van der Waals surface area (Å²) in [6.07, 6.45) is 2.24. The van der Waals surface area contributed by atoms with E-state index >= 15 is 0 Å². The molecule has 0 saturated carbocycles. The molecule has 0 unspecified atom stereocenters. The molecule has 1 aromatic rings. The molecule has 4 N–H and O–H groups in total. The zero-order valence-corrected chi connectivity index (χ0v) is 14.2. The highest BCUT2D eigenvalue weighted by Gasteiger charge is 2.26. The van der Waals surface area contributed by atoms with E-state index in [0.717, 1.165) is 36.3 Å². The molecule has 0 aromatic carbocycles. The summed E-state index contributed by atoms with van der Waals surface area (Å²) in [6.45, 7) is 7.07. The van der Waals surface area contributed by atoms with Crippen molar-refractivity contribution in [1.82, 2.24) is 0 Å². The number of anilines is 3. The van der Waals surface area contributed by atoms with Gasteiger partial charge < -0.3 is 16.1 Å². The summed E-state index contributed by atoms with van der Waals surface area (Å²) >= 11 is 0. The number of nitrogens with two attached hydrogens (primary N) is 1. The molecule has 2 heterocycles. The van der Waals surface area contributed by atoms with Gasteiger partial charge in [-0.05, 0) is 31.4 Å². The van der Waals surface area contributed by atoms with Crippen molar-refractivity contribution in [2.45, 2.75) is 26.7 Å². The molecule has 1 saturated heterocycles. The fraction of sp³-hybridized carbons (Fsp3) is 0.615. The van der Waals surface area contributed by atoms with Crippen molar-refractivity contribution in [3.05, 3.63) is 12.1 Å². The minimum Gasteiger partial charge on any atom is -0.870 e. The van der Waals surface area contributed by atoms with E-state index in [-0.39, 0.29) is 11.3 Å². The number of nitrogens with zero attached hydrogens (tertiary/aromatic N) is 3. The first-order chi connectivity index (χ1) is 10.4. The topological polar surface area (TPSA) is 130 Å². The fourth-order valence-corrected chi connectivity index (χ4v) is 3.03. The zero-order valence-electron chi connectivity index (χ0n) is 13.3. The second-order valence-electron chi connectivity index (χ2n) is 5.16. The Bertz CT molecular complexity index is 627. The van der Waals surface area contributed by atoms with E-state index in [1.54, 1.807) is 6.07 Å². The Morgan fingerprint density at radius 3 is 2.35 bits per heavy atom. The molecule has 0 amide bonds. The zero-order chi connectivity index (χ0) is 16.3. The van der Waals surface area contributed by atoms with Gasteiger partial charge >= 0.3 is 10.4 Å². The Hall–Kier alpha value is -1.78. The summed E-state index contributed by atoms with van der Waals surface area (Å²) in [7, 11) is -4.66. The number of rotatable bonds is 6. The number of nitrogen functional groups attached to an aromatic ring is 1. The van der Waals surface area contributed by atoms with Crippen LogP contribution in [-0.2, 0) is 10.4 Å². The lowest BCUT2D eigenvalue weighted by atomic mass is 10.3. The normalized spacial score (nSPS) is 14.5. The minimum absolute atomic E-state index is 0. The van der Waals surface area contributed by atoms with Crippen LogP contribution in [0.25, 0.3) is 0 Å². The van der Waals surface area contributed by atoms with Crippen LogP contribution in [0.1, 0.15) is 26.7 Å². The fourth-order valence-electron chi connectivity index (χ4n) is 2.68. The van der Waals surface area contributed by atoms with Crippen LogP contribution in [0.4, 0.5) is 17.3 Å². The molecule has 1 aliphatic rings. The first-order valence-corrected chi connectivity index (χ1v) is 8.75. The Kier molecular flexibility index (Phi) is 6.42. The molecular weight excluding hydrogens is 324 g/mol. The molecule has 1 fully saturated rings. The maximum absolute atomic E-state index is 11.1. The Morgan fingerprint density at radius 2 is 1.87 bits per heavy atom. The number of hydrogen-bond acceptors (Lipinski definition) is 7. The molecule has 132 valence electrons. The largest absolute Gasteiger partial charge is 0.870 e. The monoisotopic (exact) mass is 348 g/mol. The molecule has 1 aromatic heterocycles. The van der Waals surface area contributed by atoms with Gasteiger partial charge in [-0.15, -0.1) is 0 Å². The van der Waals surface area contributed by atoms with E-state index in [4.69, 9.17) is 10.3 Å². The maximum atomic E-state index is 11.1. The van der Waals surface area contributed by atoms with Crippen LogP contribution < -0.4 is 24.5 Å². The van der Waals surface area contributed by atoms with Crippen molar-refractivity contribution in [2.24, 2.45) is 0 Å². The number of aromatic nitrogens is 1.